The van der Waals surface area contributed by atoms with Crippen LogP contribution in [-0.2, 0) is 19.1 Å². The van der Waals surface area contributed by atoms with Crippen LogP contribution in [0.1, 0.15) is 0 Å². The number of fused-ring (bicyclic) bond motifs is 2. The van der Waals surface area contributed by atoms with Crippen molar-refractivity contribution in [2.24, 2.45) is 11.8 Å². The Bertz CT molecular complexity index is 401. The second-order valence-corrected chi connectivity index (χ2v) is 4.78. The van der Waals surface area contributed by atoms with Crippen LogP contribution in [0.5, 0.6) is 0 Å². The highest BCUT2D eigenvalue weighted by Crippen LogP contribution is 2.40. The molecule has 2 saturated heterocycles. The number of nitrogens with zero attached hydrogens (tertiary/aromatic N) is 1. The highest BCUT2D eigenvalue weighted by Gasteiger charge is 2.54. The zero-order chi connectivity index (χ0) is 12.7. The lowest BCUT2D eigenvalue weighted by Gasteiger charge is -2.31. The van der Waals surface area contributed by atoms with E-state index >= 15 is 0 Å². The van der Waals surface area contributed by atoms with Crippen molar-refractivity contribution in [2.75, 3.05) is 26.3 Å². The van der Waals surface area contributed by atoms with Crippen molar-refractivity contribution < 1.29 is 24.2 Å². The Hall–Kier alpha value is -1.40. The molecular formula is C12H15NO5. The monoisotopic (exact) mass is 253 g/mol. The van der Waals surface area contributed by atoms with Gasteiger partial charge in [-0.25, -0.2) is 0 Å². The van der Waals surface area contributed by atoms with Crippen molar-refractivity contribution >= 4 is 11.9 Å². The molecule has 2 fully saturated rings. The van der Waals surface area contributed by atoms with Gasteiger partial charge in [0, 0.05) is 13.1 Å². The van der Waals surface area contributed by atoms with Gasteiger partial charge in [0.25, 0.3) is 0 Å². The first kappa shape index (κ1) is 11.7. The second-order valence-electron chi connectivity index (χ2n) is 4.78. The van der Waals surface area contributed by atoms with E-state index in [0.717, 1.165) is 0 Å². The molecule has 0 spiro atoms. The molecule has 0 unspecified atom stereocenters. The van der Waals surface area contributed by atoms with Gasteiger partial charge < -0.3 is 19.5 Å². The van der Waals surface area contributed by atoms with Crippen molar-refractivity contribution in [3.8, 4) is 0 Å². The first-order valence-corrected chi connectivity index (χ1v) is 6.11. The first-order valence-electron chi connectivity index (χ1n) is 6.11. The molecule has 3 aliphatic heterocycles. The molecule has 0 aromatic rings. The normalized spacial score (nSPS) is 38.1. The van der Waals surface area contributed by atoms with Crippen molar-refractivity contribution in [1.29, 1.82) is 0 Å². The molecule has 2 bridgehead atoms. The lowest BCUT2D eigenvalue weighted by atomic mass is 9.82. The smallest absolute Gasteiger partial charge is 0.310 e. The number of amides is 1. The fourth-order valence-corrected chi connectivity index (χ4v) is 2.89. The molecular weight excluding hydrogens is 238 g/mol. The summed E-state index contributed by atoms with van der Waals surface area (Å²) in [4.78, 5) is 25.4. The molecule has 4 atom stereocenters. The Kier molecular flexibility index (Phi) is 2.83. The lowest BCUT2D eigenvalue weighted by Crippen LogP contribution is -2.48. The van der Waals surface area contributed by atoms with Crippen molar-refractivity contribution in [1.82, 2.24) is 4.90 Å². The predicted molar refractivity (Wildman–Crippen MR) is 59.8 cm³/mol. The van der Waals surface area contributed by atoms with E-state index in [2.05, 4.69) is 0 Å². The van der Waals surface area contributed by atoms with Crippen LogP contribution >= 0.6 is 0 Å². The number of ether oxygens (including phenoxy) is 2. The Morgan fingerprint density at radius 3 is 2.33 bits per heavy atom. The van der Waals surface area contributed by atoms with Crippen LogP contribution in [-0.4, -0.2) is 60.4 Å². The molecule has 0 aliphatic carbocycles. The van der Waals surface area contributed by atoms with Gasteiger partial charge in [0.05, 0.1) is 31.3 Å². The van der Waals surface area contributed by atoms with Crippen LogP contribution in [0.2, 0.25) is 0 Å². The van der Waals surface area contributed by atoms with Gasteiger partial charge >= 0.3 is 5.97 Å². The molecule has 0 radical (unpaired) electrons. The van der Waals surface area contributed by atoms with Crippen molar-refractivity contribution in [2.45, 2.75) is 12.2 Å². The Labute approximate surface area is 104 Å². The maximum Gasteiger partial charge on any atom is 0.310 e. The largest absolute Gasteiger partial charge is 0.481 e. The van der Waals surface area contributed by atoms with Gasteiger partial charge in [0.15, 0.2) is 0 Å². The van der Waals surface area contributed by atoms with Crippen molar-refractivity contribution in [3.05, 3.63) is 12.2 Å². The summed E-state index contributed by atoms with van der Waals surface area (Å²) in [5, 5.41) is 9.24. The Morgan fingerprint density at radius 2 is 1.72 bits per heavy atom. The minimum absolute atomic E-state index is 0.123. The highest BCUT2D eigenvalue weighted by atomic mass is 16.5. The number of morpholine rings is 1. The first-order chi connectivity index (χ1) is 8.68. The SMILES string of the molecule is O=C(O)[C@@H]1[C@H](C(=O)N2CCOCC2)[C@H]2C=C[C@H]1O2. The summed E-state index contributed by atoms with van der Waals surface area (Å²) in [5.74, 6) is -2.42. The van der Waals surface area contributed by atoms with Crippen molar-refractivity contribution in [3.63, 3.8) is 0 Å². The number of rotatable bonds is 2. The maximum absolute atomic E-state index is 12.4. The van der Waals surface area contributed by atoms with Gasteiger partial charge in [-0.3, -0.25) is 9.59 Å². The molecule has 3 rings (SSSR count). The average Bonchev–Trinajstić information content (AvgIpc) is 2.99. The third-order valence-corrected chi connectivity index (χ3v) is 3.79. The average molecular weight is 253 g/mol. The summed E-state index contributed by atoms with van der Waals surface area (Å²) in [7, 11) is 0. The van der Waals surface area contributed by atoms with Gasteiger partial charge in [-0.1, -0.05) is 12.2 Å². The number of carboxylic acid groups (broad SMARTS) is 1. The van der Waals surface area contributed by atoms with Gasteiger partial charge in [0.1, 0.15) is 5.92 Å². The van der Waals surface area contributed by atoms with E-state index in [4.69, 9.17) is 9.47 Å². The van der Waals surface area contributed by atoms with Crippen LogP contribution in [0.25, 0.3) is 0 Å². The number of carbonyl (C=O) groups is 2. The summed E-state index contributed by atoms with van der Waals surface area (Å²) in [5.41, 5.74) is 0. The Balaban J connectivity index is 1.79. The van der Waals surface area contributed by atoms with Crippen LogP contribution in [0.15, 0.2) is 12.2 Å². The molecule has 18 heavy (non-hydrogen) atoms. The molecule has 6 nitrogen and oxygen atoms in total. The van der Waals surface area contributed by atoms with Gasteiger partial charge in [0.2, 0.25) is 5.91 Å². The molecule has 1 N–H and O–H groups in total. The van der Waals surface area contributed by atoms with Crippen LogP contribution in [0.4, 0.5) is 0 Å². The van der Waals surface area contributed by atoms with Crippen LogP contribution < -0.4 is 0 Å². The molecule has 0 aromatic heterocycles. The molecule has 3 heterocycles. The van der Waals surface area contributed by atoms with E-state index in [1.54, 1.807) is 17.1 Å². The van der Waals surface area contributed by atoms with E-state index in [1.165, 1.54) is 0 Å². The van der Waals surface area contributed by atoms with Crippen LogP contribution in [0.3, 0.4) is 0 Å². The minimum Gasteiger partial charge on any atom is -0.481 e. The van der Waals surface area contributed by atoms with Gasteiger partial charge in [-0.2, -0.15) is 0 Å². The van der Waals surface area contributed by atoms with E-state index in [9.17, 15) is 14.7 Å². The van der Waals surface area contributed by atoms with Crippen LogP contribution in [0, 0.1) is 11.8 Å². The van der Waals surface area contributed by atoms with E-state index in [1.807, 2.05) is 0 Å². The van der Waals surface area contributed by atoms with E-state index < -0.39 is 23.9 Å². The number of hydrogen-bond acceptors (Lipinski definition) is 4. The number of carboxylic acids is 1. The molecule has 1 amide bonds. The maximum atomic E-state index is 12.4. The molecule has 6 heteroatoms. The third-order valence-electron chi connectivity index (χ3n) is 3.79. The minimum atomic E-state index is -0.960. The fourth-order valence-electron chi connectivity index (χ4n) is 2.89. The molecule has 0 aromatic carbocycles. The predicted octanol–water partition coefficient (Wildman–Crippen LogP) is -0.501. The third kappa shape index (κ3) is 1.72. The zero-order valence-corrected chi connectivity index (χ0v) is 9.82. The van der Waals surface area contributed by atoms with E-state index in [0.29, 0.717) is 26.3 Å². The fraction of sp³-hybridized carbons (Fsp3) is 0.667. The summed E-state index contributed by atoms with van der Waals surface area (Å²) in [6.45, 7) is 2.09. The molecule has 0 saturated carbocycles. The molecule has 98 valence electrons. The lowest BCUT2D eigenvalue weighted by molar-refractivity contribution is -0.151. The summed E-state index contributed by atoms with van der Waals surface area (Å²) >= 11 is 0. The highest BCUT2D eigenvalue weighted by molar-refractivity contribution is 5.87. The summed E-state index contributed by atoms with van der Waals surface area (Å²) < 4.78 is 10.7. The second kappa shape index (κ2) is 4.37. The number of carbonyl (C=O) groups excluding carboxylic acids is 1. The molecule has 3 aliphatic rings. The Morgan fingerprint density at radius 1 is 1.11 bits per heavy atom. The van der Waals surface area contributed by atoms with Gasteiger partial charge in [-0.05, 0) is 0 Å². The summed E-state index contributed by atoms with van der Waals surface area (Å²) in [6, 6.07) is 0. The quantitative estimate of drug-likeness (QED) is 0.671. The number of aliphatic carboxylic acids is 1. The zero-order valence-electron chi connectivity index (χ0n) is 9.82. The topological polar surface area (TPSA) is 76.1 Å². The van der Waals surface area contributed by atoms with Gasteiger partial charge in [-0.15, -0.1) is 0 Å². The van der Waals surface area contributed by atoms with E-state index in [-0.39, 0.29) is 12.0 Å². The number of hydrogen-bond donors (Lipinski definition) is 1. The standard InChI is InChI=1S/C12H15NO5/c14-11(13-3-5-17-6-4-13)9-7-1-2-8(18-7)10(9)12(15)16/h1-2,7-10H,3-6H2,(H,15,16)/t7-,8-,9-,10+/m1/s1. The summed E-state index contributed by atoms with van der Waals surface area (Å²) in [6.07, 6.45) is 2.70.